The number of likely N-dealkylation sites (tertiary alicyclic amines) is 2. The number of para-hydroxylation sites is 1. The van der Waals surface area contributed by atoms with Crippen molar-refractivity contribution in [2.24, 2.45) is 11.3 Å². The first-order chi connectivity index (χ1) is 17.0. The van der Waals surface area contributed by atoms with Crippen molar-refractivity contribution in [1.29, 1.82) is 0 Å². The first-order valence-corrected chi connectivity index (χ1v) is 12.7. The normalized spacial score (nSPS) is 22.2. The molecule has 2 fully saturated rings. The molecule has 5 rings (SSSR count). The summed E-state index contributed by atoms with van der Waals surface area (Å²) in [7, 11) is 0. The lowest BCUT2D eigenvalue weighted by Gasteiger charge is -2.39. The second-order valence-electron chi connectivity index (χ2n) is 11.0. The smallest absolute Gasteiger partial charge is 0.268 e. The number of carbonyl (C=O) groups excluding carboxylic acids is 3. The predicted octanol–water partition coefficient (Wildman–Crippen LogP) is 4.34. The zero-order valence-electron chi connectivity index (χ0n) is 20.9. The molecular weight excluding hydrogens is 476 g/mol. The Morgan fingerprint density at radius 3 is 2.25 bits per heavy atom. The zero-order valence-corrected chi connectivity index (χ0v) is 21.7. The molecular formula is C28H31ClN4O3. The summed E-state index contributed by atoms with van der Waals surface area (Å²) in [6.45, 7) is 8.89. The van der Waals surface area contributed by atoms with E-state index in [1.165, 1.54) is 0 Å². The molecule has 2 aliphatic heterocycles. The van der Waals surface area contributed by atoms with Gasteiger partial charge in [0.25, 0.3) is 11.8 Å². The standard InChI is InChI=1S/C28H31ClN4O3/c1-16-22-15-33(23(16)14-32(22)26(35)17-9-11-19(29)12-10-17)27(36)24(28(2,3)4)31-25(34)21-13-18-7-5-6-8-20(18)30-21/h5-13,16,22-24,30H,14-15H2,1-4H3,(H,31,34)/t16-,22-,23-,24-/m1/s1. The number of rotatable bonds is 4. The molecule has 3 amide bonds. The number of H-pyrrole nitrogens is 1. The van der Waals surface area contributed by atoms with Crippen molar-refractivity contribution in [3.63, 3.8) is 0 Å². The highest BCUT2D eigenvalue weighted by molar-refractivity contribution is 6.30. The van der Waals surface area contributed by atoms with Crippen LogP contribution in [0.2, 0.25) is 5.02 Å². The van der Waals surface area contributed by atoms with E-state index >= 15 is 0 Å². The number of piperazine rings is 1. The summed E-state index contributed by atoms with van der Waals surface area (Å²) in [6, 6.07) is 15.5. The summed E-state index contributed by atoms with van der Waals surface area (Å²) in [6.07, 6.45) is 0. The van der Waals surface area contributed by atoms with Crippen molar-refractivity contribution in [2.75, 3.05) is 13.1 Å². The molecule has 36 heavy (non-hydrogen) atoms. The maximum atomic E-state index is 13.8. The van der Waals surface area contributed by atoms with Crippen molar-refractivity contribution in [1.82, 2.24) is 20.1 Å². The molecule has 0 radical (unpaired) electrons. The number of aromatic amines is 1. The number of nitrogens with zero attached hydrogens (tertiary/aromatic N) is 2. The van der Waals surface area contributed by atoms with Crippen LogP contribution in [0, 0.1) is 11.3 Å². The fourth-order valence-corrected chi connectivity index (χ4v) is 5.62. The van der Waals surface area contributed by atoms with Gasteiger partial charge in [-0.2, -0.15) is 0 Å². The fourth-order valence-electron chi connectivity index (χ4n) is 5.49. The minimum atomic E-state index is -0.705. The van der Waals surface area contributed by atoms with Gasteiger partial charge in [-0.25, -0.2) is 0 Å². The summed E-state index contributed by atoms with van der Waals surface area (Å²) in [5.74, 6) is -0.311. The lowest BCUT2D eigenvalue weighted by atomic mass is 9.85. The average molecular weight is 507 g/mol. The third-order valence-electron chi connectivity index (χ3n) is 7.58. The summed E-state index contributed by atoms with van der Waals surface area (Å²) >= 11 is 5.98. The molecule has 0 saturated carbocycles. The van der Waals surface area contributed by atoms with E-state index in [1.54, 1.807) is 30.3 Å². The van der Waals surface area contributed by atoms with Crippen LogP contribution >= 0.6 is 11.6 Å². The van der Waals surface area contributed by atoms with Crippen molar-refractivity contribution in [2.45, 2.75) is 45.8 Å². The molecule has 2 saturated heterocycles. The van der Waals surface area contributed by atoms with Gasteiger partial charge in [-0.05, 0) is 41.8 Å². The number of nitrogens with one attached hydrogen (secondary N) is 2. The summed E-state index contributed by atoms with van der Waals surface area (Å²) < 4.78 is 0. The predicted molar refractivity (Wildman–Crippen MR) is 140 cm³/mol. The van der Waals surface area contributed by atoms with E-state index in [4.69, 9.17) is 11.6 Å². The van der Waals surface area contributed by atoms with Gasteiger partial charge in [0.1, 0.15) is 11.7 Å². The molecule has 2 N–H and O–H groups in total. The molecule has 2 bridgehead atoms. The molecule has 1 aromatic heterocycles. The molecule has 3 heterocycles. The molecule has 188 valence electrons. The summed E-state index contributed by atoms with van der Waals surface area (Å²) in [5.41, 5.74) is 1.39. The monoisotopic (exact) mass is 506 g/mol. The number of aromatic nitrogens is 1. The maximum Gasteiger partial charge on any atom is 0.268 e. The van der Waals surface area contributed by atoms with Gasteiger partial charge in [-0.1, -0.05) is 57.5 Å². The van der Waals surface area contributed by atoms with Crippen molar-refractivity contribution >= 4 is 40.2 Å². The van der Waals surface area contributed by atoms with Crippen LogP contribution in [0.5, 0.6) is 0 Å². The van der Waals surface area contributed by atoms with Gasteiger partial charge < -0.3 is 20.1 Å². The molecule has 8 heteroatoms. The van der Waals surface area contributed by atoms with Crippen LogP contribution in [-0.4, -0.2) is 63.7 Å². The third kappa shape index (κ3) is 4.26. The molecule has 0 spiro atoms. The van der Waals surface area contributed by atoms with Crippen LogP contribution in [0.15, 0.2) is 54.6 Å². The van der Waals surface area contributed by atoms with E-state index in [0.29, 0.717) is 29.4 Å². The fraction of sp³-hybridized carbons (Fsp3) is 0.393. The summed E-state index contributed by atoms with van der Waals surface area (Å²) in [5, 5.41) is 4.52. The van der Waals surface area contributed by atoms with E-state index in [2.05, 4.69) is 17.2 Å². The number of amides is 3. The Kier molecular flexibility index (Phi) is 6.07. The highest BCUT2D eigenvalue weighted by Crippen LogP contribution is 2.38. The van der Waals surface area contributed by atoms with Crippen LogP contribution in [-0.2, 0) is 4.79 Å². The molecule has 4 atom stereocenters. The SMILES string of the molecule is C[C@@H]1[C@H]2CN(C(=O)[C@@H](NC(=O)c3cc4ccccc4[nH]3)C(C)(C)C)[C@@H]1CN2C(=O)c1ccc(Cl)cc1. The summed E-state index contributed by atoms with van der Waals surface area (Å²) in [4.78, 5) is 47.0. The van der Waals surface area contributed by atoms with Crippen LogP contribution in [0.25, 0.3) is 10.9 Å². The van der Waals surface area contributed by atoms with E-state index in [9.17, 15) is 14.4 Å². The number of hydrogen-bond donors (Lipinski definition) is 2. The maximum absolute atomic E-state index is 13.8. The van der Waals surface area contributed by atoms with Crippen LogP contribution in [0.1, 0.15) is 48.5 Å². The molecule has 0 unspecified atom stereocenters. The van der Waals surface area contributed by atoms with E-state index in [0.717, 1.165) is 10.9 Å². The lowest BCUT2D eigenvalue weighted by molar-refractivity contribution is -0.138. The van der Waals surface area contributed by atoms with Crippen molar-refractivity contribution in [3.05, 3.63) is 70.9 Å². The number of benzene rings is 2. The van der Waals surface area contributed by atoms with E-state index in [-0.39, 0.29) is 35.7 Å². The molecule has 2 aliphatic rings. The van der Waals surface area contributed by atoms with Crippen LogP contribution in [0.4, 0.5) is 0 Å². The molecule has 0 aliphatic carbocycles. The number of carbonyl (C=O) groups is 3. The Hall–Kier alpha value is -3.32. The zero-order chi connectivity index (χ0) is 25.8. The Morgan fingerprint density at radius 1 is 1.00 bits per heavy atom. The number of halogens is 1. The lowest BCUT2D eigenvalue weighted by Crippen LogP contribution is -2.59. The highest BCUT2D eigenvalue weighted by atomic mass is 35.5. The number of hydrogen-bond acceptors (Lipinski definition) is 3. The van der Waals surface area contributed by atoms with E-state index < -0.39 is 11.5 Å². The second-order valence-corrected chi connectivity index (χ2v) is 11.4. The minimum absolute atomic E-state index is 0.0439. The van der Waals surface area contributed by atoms with Crippen molar-refractivity contribution in [3.8, 4) is 0 Å². The molecule has 2 aromatic carbocycles. The minimum Gasteiger partial charge on any atom is -0.351 e. The second kappa shape index (κ2) is 8.96. The van der Waals surface area contributed by atoms with Crippen molar-refractivity contribution < 1.29 is 14.4 Å². The number of fused-ring (bicyclic) bond motifs is 3. The first kappa shape index (κ1) is 24.4. The quantitative estimate of drug-likeness (QED) is 0.552. The van der Waals surface area contributed by atoms with Gasteiger partial charge in [-0.15, -0.1) is 0 Å². The Morgan fingerprint density at radius 2 is 1.64 bits per heavy atom. The van der Waals surface area contributed by atoms with Gasteiger partial charge in [0.05, 0.1) is 12.1 Å². The topological polar surface area (TPSA) is 85.5 Å². The largest absolute Gasteiger partial charge is 0.351 e. The van der Waals surface area contributed by atoms with Crippen LogP contribution in [0.3, 0.4) is 0 Å². The van der Waals surface area contributed by atoms with Gasteiger partial charge in [0.15, 0.2) is 0 Å². The van der Waals surface area contributed by atoms with Gasteiger partial charge in [-0.3, -0.25) is 14.4 Å². The van der Waals surface area contributed by atoms with E-state index in [1.807, 2.05) is 54.8 Å². The average Bonchev–Trinajstić information content (AvgIpc) is 3.51. The third-order valence-corrected chi connectivity index (χ3v) is 7.83. The highest BCUT2D eigenvalue weighted by Gasteiger charge is 2.54. The Bertz CT molecular complexity index is 1290. The van der Waals surface area contributed by atoms with Gasteiger partial charge in [0.2, 0.25) is 5.91 Å². The molecule has 3 aromatic rings. The van der Waals surface area contributed by atoms with Gasteiger partial charge in [0, 0.05) is 40.5 Å². The Labute approximate surface area is 215 Å². The van der Waals surface area contributed by atoms with Crippen LogP contribution < -0.4 is 5.32 Å². The Balaban J connectivity index is 1.32. The van der Waals surface area contributed by atoms with Gasteiger partial charge >= 0.3 is 0 Å². The first-order valence-electron chi connectivity index (χ1n) is 12.3. The molecule has 7 nitrogen and oxygen atoms in total.